The third-order valence-electron chi connectivity index (χ3n) is 3.36. The van der Waals surface area contributed by atoms with Crippen LogP contribution in [0, 0.1) is 10.1 Å². The van der Waals surface area contributed by atoms with Crippen LogP contribution in [0.4, 0.5) is 16.2 Å². The Hall–Kier alpha value is -3.49. The Labute approximate surface area is 150 Å². The van der Waals surface area contributed by atoms with Gasteiger partial charge in [0.2, 0.25) is 0 Å². The molecule has 2 amide bonds. The van der Waals surface area contributed by atoms with Crippen molar-refractivity contribution in [3.8, 4) is 17.2 Å². The van der Waals surface area contributed by atoms with Gasteiger partial charge in [-0.2, -0.15) is 0 Å². The maximum absolute atomic E-state index is 12.0. The number of hydrogen-bond acceptors (Lipinski definition) is 6. The number of para-hydroxylation sites is 2. The predicted molar refractivity (Wildman–Crippen MR) is 95.2 cm³/mol. The standard InChI is InChI=1S/C17H19N3O6/c1-24-14-8-7-12(20(22)23)11-13(14)19-17(21)18-9-10-26-16-6-4-3-5-15(16)25-2/h3-8,11H,9-10H2,1-2H3,(H2,18,19,21). The van der Waals surface area contributed by atoms with Crippen LogP contribution in [-0.4, -0.2) is 38.3 Å². The Morgan fingerprint density at radius 3 is 2.42 bits per heavy atom. The van der Waals surface area contributed by atoms with Crippen molar-refractivity contribution in [1.29, 1.82) is 0 Å². The van der Waals surface area contributed by atoms with E-state index in [1.54, 1.807) is 19.2 Å². The molecule has 26 heavy (non-hydrogen) atoms. The van der Waals surface area contributed by atoms with Gasteiger partial charge >= 0.3 is 6.03 Å². The van der Waals surface area contributed by atoms with Crippen molar-refractivity contribution < 1.29 is 23.9 Å². The molecule has 2 N–H and O–H groups in total. The minimum atomic E-state index is -0.552. The molecule has 2 aromatic carbocycles. The summed E-state index contributed by atoms with van der Waals surface area (Å²) in [7, 11) is 2.95. The van der Waals surface area contributed by atoms with E-state index in [9.17, 15) is 14.9 Å². The second-order valence-electron chi connectivity index (χ2n) is 5.02. The number of benzene rings is 2. The number of anilines is 1. The second kappa shape index (κ2) is 9.11. The Morgan fingerprint density at radius 2 is 1.77 bits per heavy atom. The highest BCUT2D eigenvalue weighted by Crippen LogP contribution is 2.28. The normalized spacial score (nSPS) is 9.92. The van der Waals surface area contributed by atoms with E-state index in [1.807, 2.05) is 12.1 Å². The van der Waals surface area contributed by atoms with Gasteiger partial charge in [0.1, 0.15) is 12.4 Å². The van der Waals surface area contributed by atoms with E-state index in [4.69, 9.17) is 14.2 Å². The van der Waals surface area contributed by atoms with Gasteiger partial charge in [-0.1, -0.05) is 12.1 Å². The summed E-state index contributed by atoms with van der Waals surface area (Å²) in [6.07, 6.45) is 0. The van der Waals surface area contributed by atoms with Crippen molar-refractivity contribution in [3.05, 3.63) is 52.6 Å². The summed E-state index contributed by atoms with van der Waals surface area (Å²) < 4.78 is 15.8. The molecule has 0 aromatic heterocycles. The highest BCUT2D eigenvalue weighted by molar-refractivity contribution is 5.91. The minimum Gasteiger partial charge on any atom is -0.495 e. The lowest BCUT2D eigenvalue weighted by Gasteiger charge is -2.12. The van der Waals surface area contributed by atoms with Gasteiger partial charge in [-0.05, 0) is 18.2 Å². The van der Waals surface area contributed by atoms with E-state index in [0.717, 1.165) is 0 Å². The van der Waals surface area contributed by atoms with Gasteiger partial charge in [-0.25, -0.2) is 4.79 Å². The molecule has 0 saturated carbocycles. The van der Waals surface area contributed by atoms with E-state index in [2.05, 4.69) is 10.6 Å². The fourth-order valence-electron chi connectivity index (χ4n) is 2.14. The molecule has 0 spiro atoms. The molecule has 0 fully saturated rings. The first-order valence-corrected chi connectivity index (χ1v) is 7.68. The molecular weight excluding hydrogens is 342 g/mol. The number of carbonyl (C=O) groups excluding carboxylic acids is 1. The second-order valence-corrected chi connectivity index (χ2v) is 5.02. The molecule has 0 saturated heterocycles. The average molecular weight is 361 g/mol. The van der Waals surface area contributed by atoms with E-state index < -0.39 is 11.0 Å². The molecule has 2 aromatic rings. The number of non-ortho nitro benzene ring substituents is 1. The highest BCUT2D eigenvalue weighted by Gasteiger charge is 2.13. The maximum atomic E-state index is 12.0. The van der Waals surface area contributed by atoms with E-state index >= 15 is 0 Å². The van der Waals surface area contributed by atoms with Gasteiger partial charge in [0.15, 0.2) is 11.5 Å². The van der Waals surface area contributed by atoms with Gasteiger partial charge in [0.25, 0.3) is 5.69 Å². The van der Waals surface area contributed by atoms with Crippen molar-refractivity contribution in [1.82, 2.24) is 5.32 Å². The van der Waals surface area contributed by atoms with Crippen LogP contribution in [-0.2, 0) is 0 Å². The summed E-state index contributed by atoms with van der Waals surface area (Å²) in [4.78, 5) is 22.3. The Morgan fingerprint density at radius 1 is 1.08 bits per heavy atom. The van der Waals surface area contributed by atoms with Crippen LogP contribution in [0.5, 0.6) is 17.2 Å². The van der Waals surface area contributed by atoms with Crippen LogP contribution >= 0.6 is 0 Å². The Kier molecular flexibility index (Phi) is 6.60. The third kappa shape index (κ3) is 5.00. The SMILES string of the molecule is COc1ccc([N+](=O)[O-])cc1NC(=O)NCCOc1ccccc1OC. The van der Waals surface area contributed by atoms with Crippen molar-refractivity contribution in [2.75, 3.05) is 32.7 Å². The maximum Gasteiger partial charge on any atom is 0.319 e. The lowest BCUT2D eigenvalue weighted by molar-refractivity contribution is -0.384. The number of nitro benzene ring substituents is 1. The Bertz CT molecular complexity index is 781. The zero-order chi connectivity index (χ0) is 18.9. The number of nitrogens with zero attached hydrogens (tertiary/aromatic N) is 1. The van der Waals surface area contributed by atoms with Gasteiger partial charge in [-0.15, -0.1) is 0 Å². The zero-order valence-electron chi connectivity index (χ0n) is 14.4. The quantitative estimate of drug-likeness (QED) is 0.425. The summed E-state index contributed by atoms with van der Waals surface area (Å²) in [5.41, 5.74) is 0.0467. The van der Waals surface area contributed by atoms with Crippen LogP contribution in [0.3, 0.4) is 0 Å². The number of nitro groups is 1. The zero-order valence-corrected chi connectivity index (χ0v) is 14.4. The first-order valence-electron chi connectivity index (χ1n) is 7.68. The summed E-state index contributed by atoms with van der Waals surface area (Å²) >= 11 is 0. The number of ether oxygens (including phenoxy) is 3. The molecule has 0 aliphatic rings. The smallest absolute Gasteiger partial charge is 0.319 e. The van der Waals surface area contributed by atoms with Crippen LogP contribution < -0.4 is 24.8 Å². The van der Waals surface area contributed by atoms with E-state index in [-0.39, 0.29) is 24.5 Å². The summed E-state index contributed by atoms with van der Waals surface area (Å²) in [5, 5.41) is 16.0. The lowest BCUT2D eigenvalue weighted by atomic mass is 10.2. The van der Waals surface area contributed by atoms with Crippen LogP contribution in [0.1, 0.15) is 0 Å². The first-order chi connectivity index (χ1) is 12.5. The van der Waals surface area contributed by atoms with Gasteiger partial charge in [0, 0.05) is 12.1 Å². The van der Waals surface area contributed by atoms with Crippen molar-refractivity contribution in [3.63, 3.8) is 0 Å². The average Bonchev–Trinajstić information content (AvgIpc) is 2.65. The van der Waals surface area contributed by atoms with Crippen molar-refractivity contribution in [2.24, 2.45) is 0 Å². The number of nitrogens with one attached hydrogen (secondary N) is 2. The summed E-state index contributed by atoms with van der Waals surface area (Å²) in [6, 6.07) is 10.6. The Balaban J connectivity index is 1.87. The highest BCUT2D eigenvalue weighted by atomic mass is 16.6. The van der Waals surface area contributed by atoms with Crippen molar-refractivity contribution >= 4 is 17.4 Å². The number of carbonyl (C=O) groups is 1. The van der Waals surface area contributed by atoms with Gasteiger partial charge < -0.3 is 24.8 Å². The molecule has 0 unspecified atom stereocenters. The molecule has 0 aliphatic heterocycles. The summed E-state index contributed by atoms with van der Waals surface area (Å²) in [5.74, 6) is 1.48. The minimum absolute atomic E-state index is 0.152. The number of urea groups is 1. The number of rotatable bonds is 8. The number of hydrogen-bond donors (Lipinski definition) is 2. The summed E-state index contributed by atoms with van der Waals surface area (Å²) in [6.45, 7) is 0.445. The molecule has 0 radical (unpaired) electrons. The van der Waals surface area contributed by atoms with Crippen LogP contribution in [0.2, 0.25) is 0 Å². The number of amides is 2. The molecule has 138 valence electrons. The van der Waals surface area contributed by atoms with E-state index in [0.29, 0.717) is 17.2 Å². The van der Waals surface area contributed by atoms with Gasteiger partial charge in [0.05, 0.1) is 31.4 Å². The van der Waals surface area contributed by atoms with E-state index in [1.165, 1.54) is 25.3 Å². The fraction of sp³-hybridized carbons (Fsp3) is 0.235. The van der Waals surface area contributed by atoms with Crippen LogP contribution in [0.25, 0.3) is 0 Å². The molecule has 9 nitrogen and oxygen atoms in total. The fourth-order valence-corrected chi connectivity index (χ4v) is 2.14. The molecule has 0 aliphatic carbocycles. The molecule has 0 atom stereocenters. The topological polar surface area (TPSA) is 112 Å². The van der Waals surface area contributed by atoms with Crippen LogP contribution in [0.15, 0.2) is 42.5 Å². The molecular formula is C17H19N3O6. The number of methoxy groups -OCH3 is 2. The molecule has 2 rings (SSSR count). The monoisotopic (exact) mass is 361 g/mol. The first kappa shape index (κ1) is 18.8. The molecule has 0 heterocycles. The largest absolute Gasteiger partial charge is 0.495 e. The third-order valence-corrected chi connectivity index (χ3v) is 3.36. The molecule has 0 bridgehead atoms. The molecule has 9 heteroatoms. The van der Waals surface area contributed by atoms with Crippen molar-refractivity contribution in [2.45, 2.75) is 0 Å². The predicted octanol–water partition coefficient (Wildman–Crippen LogP) is 2.81. The van der Waals surface area contributed by atoms with Gasteiger partial charge in [-0.3, -0.25) is 10.1 Å². The lowest BCUT2D eigenvalue weighted by Crippen LogP contribution is -2.32.